The Morgan fingerprint density at radius 1 is 0.909 bits per heavy atom. The molecule has 1 aliphatic rings. The zero-order valence-corrected chi connectivity index (χ0v) is 12.7. The fraction of sp³-hybridized carbons (Fsp3) is 0.316. The molecule has 3 heteroatoms. The van der Waals surface area contributed by atoms with Gasteiger partial charge in [0.15, 0.2) is 0 Å². The van der Waals surface area contributed by atoms with Crippen molar-refractivity contribution in [1.29, 1.82) is 0 Å². The highest BCUT2D eigenvalue weighted by molar-refractivity contribution is 5.89. The summed E-state index contributed by atoms with van der Waals surface area (Å²) in [5.41, 5.74) is 1.93. The predicted octanol–water partition coefficient (Wildman–Crippen LogP) is 4.92. The molecule has 0 unspecified atom stereocenters. The van der Waals surface area contributed by atoms with E-state index < -0.39 is 0 Å². The minimum Gasteiger partial charge on any atom is -0.465 e. The molecule has 0 N–H and O–H groups in total. The molecule has 22 heavy (non-hydrogen) atoms. The Balaban J connectivity index is 1.66. The molecule has 114 valence electrons. The number of methoxy groups -OCH3 is 1. The number of esters is 1. The molecular formula is C19H20O3. The van der Waals surface area contributed by atoms with Crippen LogP contribution in [0, 0.1) is 0 Å². The molecule has 0 heterocycles. The molecule has 0 amide bonds. The van der Waals surface area contributed by atoms with E-state index in [0.29, 0.717) is 17.2 Å². The molecule has 0 saturated heterocycles. The van der Waals surface area contributed by atoms with Gasteiger partial charge in [-0.05, 0) is 60.7 Å². The molecule has 0 aliphatic heterocycles. The van der Waals surface area contributed by atoms with Gasteiger partial charge < -0.3 is 9.47 Å². The molecule has 0 aromatic heterocycles. The second-order valence-electron chi connectivity index (χ2n) is 5.67. The number of hydrogen-bond donors (Lipinski definition) is 0. The summed E-state index contributed by atoms with van der Waals surface area (Å²) in [4.78, 5) is 11.4. The first-order valence-corrected chi connectivity index (χ1v) is 7.72. The van der Waals surface area contributed by atoms with Crippen LogP contribution in [0.1, 0.15) is 47.5 Å². The highest BCUT2D eigenvalue weighted by Crippen LogP contribution is 2.35. The normalized spacial score (nSPS) is 14.8. The molecule has 3 rings (SSSR count). The first-order valence-electron chi connectivity index (χ1n) is 7.72. The van der Waals surface area contributed by atoms with Crippen molar-refractivity contribution in [2.24, 2.45) is 0 Å². The molecule has 0 radical (unpaired) electrons. The highest BCUT2D eigenvalue weighted by Gasteiger charge is 2.16. The van der Waals surface area contributed by atoms with E-state index in [2.05, 4.69) is 16.9 Å². The number of benzene rings is 2. The zero-order valence-electron chi connectivity index (χ0n) is 12.7. The third-order valence-corrected chi connectivity index (χ3v) is 4.22. The number of carbonyl (C=O) groups excluding carboxylic acids is 1. The van der Waals surface area contributed by atoms with Crippen LogP contribution >= 0.6 is 0 Å². The summed E-state index contributed by atoms with van der Waals surface area (Å²) in [5.74, 6) is 1.90. The Morgan fingerprint density at radius 2 is 1.45 bits per heavy atom. The maximum absolute atomic E-state index is 11.4. The van der Waals surface area contributed by atoms with Crippen molar-refractivity contribution in [1.82, 2.24) is 0 Å². The number of rotatable bonds is 4. The molecule has 3 nitrogen and oxygen atoms in total. The van der Waals surface area contributed by atoms with Crippen LogP contribution in [0.5, 0.6) is 11.5 Å². The monoisotopic (exact) mass is 296 g/mol. The molecule has 1 saturated carbocycles. The molecule has 0 bridgehead atoms. The molecule has 1 fully saturated rings. The van der Waals surface area contributed by atoms with Gasteiger partial charge in [-0.3, -0.25) is 0 Å². The van der Waals surface area contributed by atoms with Gasteiger partial charge in [0.05, 0.1) is 12.7 Å². The molecular weight excluding hydrogens is 276 g/mol. The summed E-state index contributed by atoms with van der Waals surface area (Å²) in [5, 5.41) is 0. The minimum absolute atomic E-state index is 0.340. The fourth-order valence-electron chi connectivity index (χ4n) is 2.98. The van der Waals surface area contributed by atoms with Crippen LogP contribution in [0.2, 0.25) is 0 Å². The van der Waals surface area contributed by atoms with E-state index in [1.54, 1.807) is 24.3 Å². The van der Waals surface area contributed by atoms with Gasteiger partial charge in [0.2, 0.25) is 0 Å². The second kappa shape index (κ2) is 6.65. The van der Waals surface area contributed by atoms with Crippen LogP contribution in [0.4, 0.5) is 0 Å². The van der Waals surface area contributed by atoms with Crippen molar-refractivity contribution >= 4 is 5.97 Å². The van der Waals surface area contributed by atoms with Gasteiger partial charge in [-0.25, -0.2) is 4.79 Å². The van der Waals surface area contributed by atoms with E-state index in [0.717, 1.165) is 5.75 Å². The molecule has 2 aromatic rings. The molecule has 2 aromatic carbocycles. The summed E-state index contributed by atoms with van der Waals surface area (Å²) >= 11 is 0. The maximum atomic E-state index is 11.4. The Labute approximate surface area is 130 Å². The van der Waals surface area contributed by atoms with Crippen molar-refractivity contribution in [2.45, 2.75) is 31.6 Å². The van der Waals surface area contributed by atoms with Crippen molar-refractivity contribution in [3.8, 4) is 11.5 Å². The summed E-state index contributed by atoms with van der Waals surface area (Å²) in [7, 11) is 1.37. The Morgan fingerprint density at radius 3 is 2.00 bits per heavy atom. The van der Waals surface area contributed by atoms with Crippen molar-refractivity contribution in [3.05, 3.63) is 59.7 Å². The largest absolute Gasteiger partial charge is 0.465 e. The van der Waals surface area contributed by atoms with Crippen LogP contribution in [0.3, 0.4) is 0 Å². The lowest BCUT2D eigenvalue weighted by Gasteiger charge is -2.11. The van der Waals surface area contributed by atoms with Crippen molar-refractivity contribution in [3.63, 3.8) is 0 Å². The maximum Gasteiger partial charge on any atom is 0.337 e. The number of hydrogen-bond acceptors (Lipinski definition) is 3. The standard InChI is InChI=1S/C19H20O3/c1-21-19(20)16-8-12-18(13-9-16)22-17-10-6-15(7-11-17)14-4-2-3-5-14/h6-14H,2-5H2,1H3. The van der Waals surface area contributed by atoms with E-state index in [1.165, 1.54) is 38.4 Å². The van der Waals surface area contributed by atoms with Crippen LogP contribution < -0.4 is 4.74 Å². The van der Waals surface area contributed by atoms with Crippen molar-refractivity contribution in [2.75, 3.05) is 7.11 Å². The summed E-state index contributed by atoms with van der Waals surface area (Å²) in [6, 6.07) is 15.3. The van der Waals surface area contributed by atoms with Gasteiger partial charge in [0, 0.05) is 0 Å². The van der Waals surface area contributed by atoms with Crippen LogP contribution in [-0.2, 0) is 4.74 Å². The zero-order chi connectivity index (χ0) is 15.4. The summed E-state index contributed by atoms with van der Waals surface area (Å²) < 4.78 is 10.5. The lowest BCUT2D eigenvalue weighted by atomic mass is 9.98. The van der Waals surface area contributed by atoms with E-state index in [9.17, 15) is 4.79 Å². The van der Waals surface area contributed by atoms with Crippen LogP contribution in [0.15, 0.2) is 48.5 Å². The van der Waals surface area contributed by atoms with Gasteiger partial charge in [-0.1, -0.05) is 25.0 Å². The molecule has 0 spiro atoms. The highest BCUT2D eigenvalue weighted by atomic mass is 16.5. The third kappa shape index (κ3) is 3.30. The van der Waals surface area contributed by atoms with Crippen molar-refractivity contribution < 1.29 is 14.3 Å². The van der Waals surface area contributed by atoms with E-state index >= 15 is 0 Å². The fourth-order valence-corrected chi connectivity index (χ4v) is 2.98. The second-order valence-corrected chi connectivity index (χ2v) is 5.67. The summed E-state index contributed by atoms with van der Waals surface area (Å²) in [6.07, 6.45) is 5.29. The molecule has 1 aliphatic carbocycles. The average molecular weight is 296 g/mol. The van der Waals surface area contributed by atoms with Gasteiger partial charge >= 0.3 is 5.97 Å². The van der Waals surface area contributed by atoms with Crippen LogP contribution in [0.25, 0.3) is 0 Å². The third-order valence-electron chi connectivity index (χ3n) is 4.22. The Kier molecular flexibility index (Phi) is 4.42. The number of carbonyl (C=O) groups is 1. The smallest absolute Gasteiger partial charge is 0.337 e. The topological polar surface area (TPSA) is 35.5 Å². The van der Waals surface area contributed by atoms with E-state index in [1.807, 2.05) is 12.1 Å². The average Bonchev–Trinajstić information content (AvgIpc) is 3.10. The van der Waals surface area contributed by atoms with Gasteiger partial charge in [0.25, 0.3) is 0 Å². The Bertz CT molecular complexity index is 623. The van der Waals surface area contributed by atoms with Gasteiger partial charge in [-0.2, -0.15) is 0 Å². The SMILES string of the molecule is COC(=O)c1ccc(Oc2ccc(C3CCCC3)cc2)cc1. The van der Waals surface area contributed by atoms with E-state index in [-0.39, 0.29) is 5.97 Å². The minimum atomic E-state index is -0.340. The lowest BCUT2D eigenvalue weighted by molar-refractivity contribution is 0.0600. The quantitative estimate of drug-likeness (QED) is 0.751. The summed E-state index contributed by atoms with van der Waals surface area (Å²) in [6.45, 7) is 0. The Hall–Kier alpha value is -2.29. The molecule has 0 atom stereocenters. The first-order chi connectivity index (χ1) is 10.8. The predicted molar refractivity (Wildman–Crippen MR) is 85.5 cm³/mol. The van der Waals surface area contributed by atoms with Gasteiger partial charge in [-0.15, -0.1) is 0 Å². The van der Waals surface area contributed by atoms with E-state index in [4.69, 9.17) is 4.74 Å². The number of ether oxygens (including phenoxy) is 2. The van der Waals surface area contributed by atoms with Crippen LogP contribution in [-0.4, -0.2) is 13.1 Å². The lowest BCUT2D eigenvalue weighted by Crippen LogP contribution is -2.00. The first kappa shape index (κ1) is 14.6. The van der Waals surface area contributed by atoms with Gasteiger partial charge in [0.1, 0.15) is 11.5 Å².